The summed E-state index contributed by atoms with van der Waals surface area (Å²) in [5.74, 6) is 0.144. The minimum Gasteiger partial charge on any atom is -0.872 e. The van der Waals surface area contributed by atoms with Gasteiger partial charge in [0.1, 0.15) is 0 Å². The molecule has 2 unspecified atom stereocenters. The summed E-state index contributed by atoms with van der Waals surface area (Å²) in [5, 5.41) is 20.5. The average molecular weight is 756 g/mol. The number of allylic oxidation sites excluding steroid dienone is 2. The summed E-state index contributed by atoms with van der Waals surface area (Å²) < 4.78 is 4.60. The molecule has 2 nitrogen and oxygen atoms in total. The first-order valence-electron chi connectivity index (χ1n) is 19.2. The minimum atomic E-state index is -2.47. The van der Waals surface area contributed by atoms with E-state index in [9.17, 15) is 10.2 Å². The van der Waals surface area contributed by atoms with Crippen LogP contribution in [0.25, 0.3) is 12.2 Å². The fraction of sp³-hybridized carbons (Fsp3) is 0.417. The van der Waals surface area contributed by atoms with Gasteiger partial charge in [0.25, 0.3) is 0 Å². The number of hydrogen-bond acceptors (Lipinski definition) is 2. The Morgan fingerprint density at radius 3 is 1.06 bits per heavy atom. The van der Waals surface area contributed by atoms with Crippen LogP contribution in [0.3, 0.4) is 0 Å². The average Bonchev–Trinajstić information content (AvgIpc) is 3.58. The molecule has 0 bridgehead atoms. The molecule has 0 amide bonds. The van der Waals surface area contributed by atoms with Crippen LogP contribution in [-0.4, -0.2) is 0 Å². The molecule has 0 spiro atoms. The van der Waals surface area contributed by atoms with Gasteiger partial charge in [0.15, 0.2) is 0 Å². The van der Waals surface area contributed by atoms with E-state index in [1.807, 2.05) is 12.1 Å². The van der Waals surface area contributed by atoms with E-state index in [2.05, 4.69) is 104 Å². The molecule has 1 aliphatic heterocycles. The molecule has 3 heteroatoms. The van der Waals surface area contributed by atoms with Crippen molar-refractivity contribution in [1.29, 1.82) is 0 Å². The molecule has 0 N–H and O–H groups in total. The standard InChI is InChI=1S/2C17H21.2C6H6O.C2H4.Zr/c2*1-16(2)8-9-17(3,4)15-11-13-7-5-6-12(13)10-14(15)16;2*7-6-4-2-1-3-5-6;1-2;/h2*5-7,10-11H,8-9H2,1-4H3;2*1-5,7H;1-2H2;/q;;;;;+2/p-2. The Labute approximate surface area is 312 Å². The normalized spacial score (nSPS) is 23.4. The van der Waals surface area contributed by atoms with E-state index in [-0.39, 0.29) is 22.3 Å². The van der Waals surface area contributed by atoms with Crippen LogP contribution in [0.5, 0.6) is 11.5 Å². The van der Waals surface area contributed by atoms with E-state index in [4.69, 9.17) is 0 Å². The molecule has 4 aromatic carbocycles. The van der Waals surface area contributed by atoms with Gasteiger partial charge in [-0.1, -0.05) is 60.7 Å². The Bertz CT molecular complexity index is 1830. The summed E-state index contributed by atoms with van der Waals surface area (Å²) in [6.45, 7) is 19.8. The maximum absolute atomic E-state index is 10.3. The molecule has 1 heterocycles. The number of hydrogen-bond donors (Lipinski definition) is 0. The number of rotatable bonds is 2. The van der Waals surface area contributed by atoms with Crippen molar-refractivity contribution in [2.75, 3.05) is 0 Å². The van der Waals surface area contributed by atoms with Crippen molar-refractivity contribution in [2.45, 2.75) is 118 Å². The van der Waals surface area contributed by atoms with E-state index < -0.39 is 20.3 Å². The van der Waals surface area contributed by atoms with Crippen LogP contribution < -0.4 is 10.2 Å². The van der Waals surface area contributed by atoms with Crippen molar-refractivity contribution in [2.24, 2.45) is 0 Å². The van der Waals surface area contributed by atoms with Gasteiger partial charge in [-0.05, 0) is 0 Å². The molecule has 4 aliphatic carbocycles. The van der Waals surface area contributed by atoms with Crippen molar-refractivity contribution in [3.05, 3.63) is 142 Å². The summed E-state index contributed by atoms with van der Waals surface area (Å²) in [4.78, 5) is 0. The molecule has 4 aromatic rings. The summed E-state index contributed by atoms with van der Waals surface area (Å²) >= 11 is -2.47. The Balaban J connectivity index is 0.000000242. The Hall–Kier alpha value is -3.16. The predicted molar refractivity (Wildman–Crippen MR) is 208 cm³/mol. The second-order valence-corrected chi connectivity index (χ2v) is 30.2. The summed E-state index contributed by atoms with van der Waals surface area (Å²) in [5.41, 5.74) is 14.2. The van der Waals surface area contributed by atoms with E-state index in [0.29, 0.717) is 10.8 Å². The van der Waals surface area contributed by atoms with Gasteiger partial charge < -0.3 is 10.2 Å². The van der Waals surface area contributed by atoms with Gasteiger partial charge in [0, 0.05) is 0 Å². The fourth-order valence-corrected chi connectivity index (χ4v) is 25.1. The van der Waals surface area contributed by atoms with Crippen LogP contribution in [0.4, 0.5) is 0 Å². The minimum absolute atomic E-state index is 0.0718. The maximum Gasteiger partial charge on any atom is -0.0623 e. The Morgan fingerprint density at radius 1 is 0.471 bits per heavy atom. The maximum atomic E-state index is 10.3. The van der Waals surface area contributed by atoms with E-state index in [1.54, 1.807) is 77.0 Å². The molecular weight excluding hydrogens is 700 g/mol. The molecule has 0 aromatic heterocycles. The van der Waals surface area contributed by atoms with Crippen molar-refractivity contribution in [3.63, 3.8) is 0 Å². The second-order valence-electron chi connectivity index (χ2n) is 18.6. The quantitative estimate of drug-likeness (QED) is 0.204. The van der Waals surface area contributed by atoms with E-state index >= 15 is 0 Å². The van der Waals surface area contributed by atoms with Crippen molar-refractivity contribution in [3.8, 4) is 11.5 Å². The zero-order chi connectivity index (χ0) is 36.4. The van der Waals surface area contributed by atoms with Gasteiger partial charge in [-0.25, -0.2) is 0 Å². The molecule has 0 saturated carbocycles. The topological polar surface area (TPSA) is 46.1 Å². The first-order chi connectivity index (χ1) is 24.0. The Kier molecular flexibility index (Phi) is 9.27. The summed E-state index contributed by atoms with van der Waals surface area (Å²) in [7, 11) is 0. The second kappa shape index (κ2) is 13.1. The molecule has 1 fully saturated rings. The molecule has 1 saturated heterocycles. The zero-order valence-corrected chi connectivity index (χ0v) is 34.6. The van der Waals surface area contributed by atoms with Crippen molar-refractivity contribution >= 4 is 12.2 Å². The predicted octanol–water partition coefficient (Wildman–Crippen LogP) is 11.7. The van der Waals surface area contributed by atoms with Gasteiger partial charge in [-0.3, -0.25) is 0 Å². The van der Waals surface area contributed by atoms with Gasteiger partial charge in [-0.2, -0.15) is 0 Å². The molecule has 264 valence electrons. The summed E-state index contributed by atoms with van der Waals surface area (Å²) in [6.07, 6.45) is 15.6. The largest absolute Gasteiger partial charge is 0.872 e. The van der Waals surface area contributed by atoms with E-state index in [0.717, 1.165) is 7.25 Å². The van der Waals surface area contributed by atoms with Crippen LogP contribution in [0.1, 0.15) is 133 Å². The zero-order valence-electron chi connectivity index (χ0n) is 32.1. The smallest absolute Gasteiger partial charge is 0.0623 e. The third kappa shape index (κ3) is 6.78. The van der Waals surface area contributed by atoms with Gasteiger partial charge in [0.05, 0.1) is 0 Å². The number of para-hydroxylation sites is 2. The van der Waals surface area contributed by atoms with Crippen LogP contribution in [0.2, 0.25) is 8.26 Å². The molecule has 51 heavy (non-hydrogen) atoms. The van der Waals surface area contributed by atoms with E-state index in [1.165, 1.54) is 49.9 Å². The molecular formula is C48H56O2Zr. The summed E-state index contributed by atoms with van der Waals surface area (Å²) in [6, 6.07) is 27.3. The van der Waals surface area contributed by atoms with Crippen molar-refractivity contribution in [1.82, 2.24) is 0 Å². The third-order valence-electron chi connectivity index (χ3n) is 13.3. The van der Waals surface area contributed by atoms with Crippen LogP contribution in [-0.2, 0) is 41.9 Å². The first kappa shape index (κ1) is 36.2. The third-order valence-corrected chi connectivity index (χ3v) is 25.9. The Morgan fingerprint density at radius 2 is 0.784 bits per heavy atom. The number of fused-ring (bicyclic) bond motifs is 4. The van der Waals surface area contributed by atoms with Crippen LogP contribution >= 0.6 is 0 Å². The van der Waals surface area contributed by atoms with Crippen LogP contribution in [0.15, 0.2) is 97.1 Å². The van der Waals surface area contributed by atoms with Gasteiger partial charge in [-0.15, -0.1) is 11.5 Å². The SMILES string of the molecule is CC1(C)CCC(C)(C)c2cc3c(cc21)C=C[CH]3[Zr+2]1([CH]2C=Cc3cc4c(cc32)C(C)(C)CCC4(C)C)[CH2][CH2]1.[O-]c1ccccc1.[O-]c1ccccc1. The van der Waals surface area contributed by atoms with Crippen LogP contribution in [0, 0.1) is 0 Å². The first-order valence-corrected chi connectivity index (χ1v) is 25.5. The fourth-order valence-electron chi connectivity index (χ4n) is 9.53. The molecule has 2 atom stereocenters. The van der Waals surface area contributed by atoms with Gasteiger partial charge >= 0.3 is 232 Å². The van der Waals surface area contributed by atoms with Crippen molar-refractivity contribution < 1.29 is 30.5 Å². The van der Waals surface area contributed by atoms with Gasteiger partial charge in [0.2, 0.25) is 0 Å². The monoisotopic (exact) mass is 754 g/mol. The number of benzene rings is 4. The molecule has 5 aliphatic rings. The molecule has 9 rings (SSSR count). The molecule has 0 radical (unpaired) electrons.